The molecule has 3 rings (SSSR count). The summed E-state index contributed by atoms with van der Waals surface area (Å²) in [5.41, 5.74) is 1.21. The summed E-state index contributed by atoms with van der Waals surface area (Å²) in [6.07, 6.45) is 2.80. The Morgan fingerprint density at radius 1 is 1.30 bits per heavy atom. The second-order valence-corrected chi connectivity index (χ2v) is 9.58. The average Bonchev–Trinajstić information content (AvgIpc) is 3.40. The molecule has 0 spiro atoms. The minimum Gasteiger partial charge on any atom is -0.465 e. The smallest absolute Gasteiger partial charge is 0.407 e. The molecular formula is C19H29N3O4S. The summed E-state index contributed by atoms with van der Waals surface area (Å²) in [5, 5.41) is 9.79. The molecule has 3 atom stereocenters. The van der Waals surface area contributed by atoms with Gasteiger partial charge in [-0.15, -0.1) is 0 Å². The number of hydrogen-bond acceptors (Lipinski definition) is 4. The van der Waals surface area contributed by atoms with Crippen molar-refractivity contribution in [2.45, 2.75) is 50.2 Å². The lowest BCUT2D eigenvalue weighted by Crippen LogP contribution is -2.51. The lowest BCUT2D eigenvalue weighted by molar-refractivity contribution is 0.0747. The second-order valence-electron chi connectivity index (χ2n) is 7.75. The number of hydrogen-bond donors (Lipinski definition) is 2. The molecule has 0 aromatic heterocycles. The Balaban J connectivity index is 1.55. The molecule has 1 aromatic rings. The summed E-state index contributed by atoms with van der Waals surface area (Å²) >= 11 is 0. The van der Waals surface area contributed by atoms with Gasteiger partial charge in [0.15, 0.2) is 0 Å². The van der Waals surface area contributed by atoms with Gasteiger partial charge in [-0.1, -0.05) is 30.3 Å². The van der Waals surface area contributed by atoms with E-state index in [1.54, 1.807) is 4.90 Å². The van der Waals surface area contributed by atoms with Crippen LogP contribution in [0.2, 0.25) is 0 Å². The van der Waals surface area contributed by atoms with Gasteiger partial charge in [-0.05, 0) is 31.7 Å². The molecule has 0 bridgehead atoms. The fraction of sp³-hybridized carbons (Fsp3) is 0.632. The molecule has 1 saturated carbocycles. The monoisotopic (exact) mass is 395 g/mol. The van der Waals surface area contributed by atoms with E-state index in [0.717, 1.165) is 38.6 Å². The third kappa shape index (κ3) is 5.21. The number of sulfonamides is 1. The Kier molecular flexibility index (Phi) is 6.08. The number of rotatable bonds is 7. The molecule has 27 heavy (non-hydrogen) atoms. The van der Waals surface area contributed by atoms with Crippen molar-refractivity contribution < 1.29 is 18.3 Å². The summed E-state index contributed by atoms with van der Waals surface area (Å²) in [4.78, 5) is 15.8. The van der Waals surface area contributed by atoms with Crippen LogP contribution in [0.15, 0.2) is 30.3 Å². The van der Waals surface area contributed by atoms with E-state index in [1.807, 2.05) is 25.1 Å². The highest BCUT2D eigenvalue weighted by Gasteiger charge is 2.47. The van der Waals surface area contributed by atoms with Crippen molar-refractivity contribution in [2.75, 3.05) is 25.9 Å². The first-order valence-electron chi connectivity index (χ1n) is 9.51. The average molecular weight is 396 g/mol. The quantitative estimate of drug-likeness (QED) is 0.736. The Morgan fingerprint density at radius 3 is 2.48 bits per heavy atom. The van der Waals surface area contributed by atoms with Crippen molar-refractivity contribution in [1.82, 2.24) is 14.5 Å². The third-order valence-electron chi connectivity index (χ3n) is 5.72. The van der Waals surface area contributed by atoms with Crippen molar-refractivity contribution in [3.05, 3.63) is 35.9 Å². The number of nitrogens with one attached hydrogen (secondary N) is 1. The highest BCUT2D eigenvalue weighted by atomic mass is 32.2. The highest BCUT2D eigenvalue weighted by Crippen LogP contribution is 2.46. The zero-order chi connectivity index (χ0) is 19.6. The van der Waals surface area contributed by atoms with E-state index in [1.165, 1.54) is 5.56 Å². The Hall–Kier alpha value is -1.64. The number of likely N-dealkylation sites (tertiary alicyclic amines) is 1. The fourth-order valence-corrected chi connectivity index (χ4v) is 4.67. The molecule has 150 valence electrons. The van der Waals surface area contributed by atoms with Gasteiger partial charge in [0.1, 0.15) is 0 Å². The van der Waals surface area contributed by atoms with E-state index >= 15 is 0 Å². The first kappa shape index (κ1) is 20.1. The number of nitrogens with zero attached hydrogens (tertiary/aromatic N) is 2. The number of carbonyl (C=O) groups is 1. The molecule has 1 aliphatic heterocycles. The van der Waals surface area contributed by atoms with Crippen LogP contribution in [-0.2, 0) is 10.0 Å². The third-order valence-corrected chi connectivity index (χ3v) is 6.41. The highest BCUT2D eigenvalue weighted by molar-refractivity contribution is 7.88. The molecule has 8 heteroatoms. The lowest BCUT2D eigenvalue weighted by atomic mass is 10.0. The lowest BCUT2D eigenvalue weighted by Gasteiger charge is -2.40. The molecule has 1 aliphatic carbocycles. The molecule has 2 aliphatic rings. The van der Waals surface area contributed by atoms with Crippen molar-refractivity contribution in [1.29, 1.82) is 0 Å². The van der Waals surface area contributed by atoms with Crippen LogP contribution in [0.3, 0.4) is 0 Å². The SMILES string of the molecule is CC(CNS(C)(=O)=O)N1CCC(N(C(=O)O)[C@@H]2C[C@H]2c2ccccc2)CC1. The standard InChI is InChI=1S/C19H29N3O4S/c1-14(13-20-27(2,25)26)21-10-8-16(9-11-21)22(19(23)24)18-12-17(18)15-6-4-3-5-7-15/h3-7,14,16-18,20H,8-13H2,1-2H3,(H,23,24)/t14?,17-,18+/m0/s1. The maximum Gasteiger partial charge on any atom is 0.407 e. The van der Waals surface area contributed by atoms with E-state index in [-0.39, 0.29) is 18.1 Å². The summed E-state index contributed by atoms with van der Waals surface area (Å²) < 4.78 is 25.1. The molecular weight excluding hydrogens is 366 g/mol. The van der Waals surface area contributed by atoms with Crippen LogP contribution in [0.25, 0.3) is 0 Å². The number of benzene rings is 1. The van der Waals surface area contributed by atoms with Crippen LogP contribution in [0, 0.1) is 0 Å². The summed E-state index contributed by atoms with van der Waals surface area (Å²) in [7, 11) is -3.19. The van der Waals surface area contributed by atoms with Gasteiger partial charge in [0.05, 0.1) is 6.26 Å². The van der Waals surface area contributed by atoms with Gasteiger partial charge in [0.2, 0.25) is 10.0 Å². The van der Waals surface area contributed by atoms with Crippen LogP contribution in [-0.4, -0.2) is 73.4 Å². The van der Waals surface area contributed by atoms with Crippen molar-refractivity contribution >= 4 is 16.1 Å². The van der Waals surface area contributed by atoms with Gasteiger partial charge < -0.3 is 10.0 Å². The maximum atomic E-state index is 11.9. The van der Waals surface area contributed by atoms with E-state index < -0.39 is 16.1 Å². The van der Waals surface area contributed by atoms with Gasteiger partial charge in [-0.2, -0.15) is 0 Å². The van der Waals surface area contributed by atoms with Gasteiger partial charge in [0.25, 0.3) is 0 Å². The van der Waals surface area contributed by atoms with Gasteiger partial charge in [0, 0.05) is 43.7 Å². The minimum atomic E-state index is -3.19. The second kappa shape index (κ2) is 8.16. The topological polar surface area (TPSA) is 90.0 Å². The summed E-state index contributed by atoms with van der Waals surface area (Å²) in [5.74, 6) is 0.304. The Morgan fingerprint density at radius 2 is 1.93 bits per heavy atom. The van der Waals surface area contributed by atoms with Crippen molar-refractivity contribution in [3.8, 4) is 0 Å². The van der Waals surface area contributed by atoms with Crippen molar-refractivity contribution in [2.24, 2.45) is 0 Å². The predicted octanol–water partition coefficient (Wildman–Crippen LogP) is 1.92. The largest absolute Gasteiger partial charge is 0.465 e. The minimum absolute atomic E-state index is 0.0347. The van der Waals surface area contributed by atoms with Crippen LogP contribution in [0.4, 0.5) is 4.79 Å². The zero-order valence-electron chi connectivity index (χ0n) is 15.9. The van der Waals surface area contributed by atoms with E-state index in [2.05, 4.69) is 21.8 Å². The maximum absolute atomic E-state index is 11.9. The number of carboxylic acid groups (broad SMARTS) is 1. The van der Waals surface area contributed by atoms with Crippen LogP contribution in [0.1, 0.15) is 37.7 Å². The molecule has 0 radical (unpaired) electrons. The van der Waals surface area contributed by atoms with Crippen molar-refractivity contribution in [3.63, 3.8) is 0 Å². The summed E-state index contributed by atoms with van der Waals surface area (Å²) in [6, 6.07) is 10.3. The number of piperidine rings is 1. The van der Waals surface area contributed by atoms with E-state index in [0.29, 0.717) is 12.5 Å². The first-order chi connectivity index (χ1) is 12.8. The van der Waals surface area contributed by atoms with Gasteiger partial charge in [-0.25, -0.2) is 17.9 Å². The molecule has 1 amide bonds. The fourth-order valence-electron chi connectivity index (χ4n) is 4.12. The normalized spacial score (nSPS) is 25.1. The Labute approximate surface area is 161 Å². The van der Waals surface area contributed by atoms with Crippen LogP contribution >= 0.6 is 0 Å². The molecule has 1 aromatic carbocycles. The van der Waals surface area contributed by atoms with E-state index in [9.17, 15) is 18.3 Å². The van der Waals surface area contributed by atoms with Crippen LogP contribution < -0.4 is 4.72 Å². The van der Waals surface area contributed by atoms with Gasteiger partial charge in [-0.3, -0.25) is 4.90 Å². The predicted molar refractivity (Wildman–Crippen MR) is 104 cm³/mol. The Bertz CT molecular complexity index is 747. The van der Waals surface area contributed by atoms with E-state index in [4.69, 9.17) is 0 Å². The molecule has 2 fully saturated rings. The first-order valence-corrected chi connectivity index (χ1v) is 11.4. The molecule has 1 unspecified atom stereocenters. The molecule has 1 saturated heterocycles. The number of amides is 1. The molecule has 1 heterocycles. The summed E-state index contributed by atoms with van der Waals surface area (Å²) in [6.45, 7) is 3.94. The van der Waals surface area contributed by atoms with Crippen LogP contribution in [0.5, 0.6) is 0 Å². The molecule has 7 nitrogen and oxygen atoms in total. The zero-order valence-corrected chi connectivity index (χ0v) is 16.7. The van der Waals surface area contributed by atoms with Gasteiger partial charge >= 0.3 is 6.09 Å². The molecule has 2 N–H and O–H groups in total.